The third kappa shape index (κ3) is 2.91. The molecule has 3 nitrogen and oxygen atoms in total. The molecule has 3 N–H and O–H groups in total. The third-order valence-corrected chi connectivity index (χ3v) is 4.35. The van der Waals surface area contributed by atoms with E-state index < -0.39 is 0 Å². The van der Waals surface area contributed by atoms with Gasteiger partial charge in [0.05, 0.1) is 6.04 Å². The maximum Gasteiger partial charge on any atom is 0.251 e. The van der Waals surface area contributed by atoms with Crippen LogP contribution in [-0.2, 0) is 0 Å². The van der Waals surface area contributed by atoms with Gasteiger partial charge in [-0.2, -0.15) is 0 Å². The second-order valence-corrected chi connectivity index (χ2v) is 5.78. The molecule has 0 unspecified atom stereocenters. The van der Waals surface area contributed by atoms with Crippen molar-refractivity contribution in [3.05, 3.63) is 50.6 Å². The summed E-state index contributed by atoms with van der Waals surface area (Å²) >= 11 is 4.93. The van der Waals surface area contributed by atoms with Crippen molar-refractivity contribution in [2.24, 2.45) is 0 Å². The SMILES string of the molecule is C[C@@H](NC(=O)c1ccc(Br)c(N)c1)c1cccs1. The van der Waals surface area contributed by atoms with Crippen LogP contribution in [0.4, 0.5) is 5.69 Å². The highest BCUT2D eigenvalue weighted by molar-refractivity contribution is 9.10. The number of rotatable bonds is 3. The lowest BCUT2D eigenvalue weighted by molar-refractivity contribution is 0.0940. The van der Waals surface area contributed by atoms with Gasteiger partial charge in [-0.25, -0.2) is 0 Å². The number of amides is 1. The molecule has 1 heterocycles. The van der Waals surface area contributed by atoms with Gasteiger partial charge in [0.1, 0.15) is 0 Å². The van der Waals surface area contributed by atoms with E-state index in [1.807, 2.05) is 24.4 Å². The molecule has 0 bridgehead atoms. The number of halogens is 1. The van der Waals surface area contributed by atoms with Crippen LogP contribution in [0.15, 0.2) is 40.2 Å². The molecular formula is C13H13BrN2OS. The Labute approximate surface area is 118 Å². The molecular weight excluding hydrogens is 312 g/mol. The summed E-state index contributed by atoms with van der Waals surface area (Å²) in [4.78, 5) is 13.2. The Morgan fingerprint density at radius 2 is 2.22 bits per heavy atom. The number of nitrogen functional groups attached to an aromatic ring is 1. The van der Waals surface area contributed by atoms with E-state index in [-0.39, 0.29) is 11.9 Å². The predicted molar refractivity (Wildman–Crippen MR) is 78.8 cm³/mol. The Morgan fingerprint density at radius 1 is 1.44 bits per heavy atom. The largest absolute Gasteiger partial charge is 0.398 e. The van der Waals surface area contributed by atoms with E-state index >= 15 is 0 Å². The van der Waals surface area contributed by atoms with Gasteiger partial charge in [-0.1, -0.05) is 6.07 Å². The van der Waals surface area contributed by atoms with Crippen LogP contribution >= 0.6 is 27.3 Å². The fourth-order valence-corrected chi connectivity index (χ4v) is 2.55. The minimum Gasteiger partial charge on any atom is -0.398 e. The van der Waals surface area contributed by atoms with Crippen molar-refractivity contribution >= 4 is 38.9 Å². The Hall–Kier alpha value is -1.33. The first-order chi connectivity index (χ1) is 8.58. The first-order valence-electron chi connectivity index (χ1n) is 5.47. The number of anilines is 1. The second-order valence-electron chi connectivity index (χ2n) is 3.95. The van der Waals surface area contributed by atoms with Gasteiger partial charge in [-0.3, -0.25) is 4.79 Å². The highest BCUT2D eigenvalue weighted by Crippen LogP contribution is 2.22. The van der Waals surface area contributed by atoms with Crippen LogP contribution in [0.5, 0.6) is 0 Å². The van der Waals surface area contributed by atoms with Crippen molar-refractivity contribution in [3.8, 4) is 0 Å². The van der Waals surface area contributed by atoms with Crippen LogP contribution in [0.1, 0.15) is 28.2 Å². The van der Waals surface area contributed by atoms with Crippen molar-refractivity contribution in [2.45, 2.75) is 13.0 Å². The molecule has 1 atom stereocenters. The second kappa shape index (κ2) is 5.54. The Morgan fingerprint density at radius 3 is 2.83 bits per heavy atom. The van der Waals surface area contributed by atoms with Crippen LogP contribution in [0.3, 0.4) is 0 Å². The van der Waals surface area contributed by atoms with Crippen LogP contribution in [0.2, 0.25) is 0 Å². The summed E-state index contributed by atoms with van der Waals surface area (Å²) in [5.74, 6) is -0.116. The molecule has 0 aliphatic rings. The molecule has 0 fully saturated rings. The van der Waals surface area contributed by atoms with Gasteiger partial charge in [0.2, 0.25) is 0 Å². The smallest absolute Gasteiger partial charge is 0.251 e. The maximum atomic E-state index is 12.0. The zero-order valence-corrected chi connectivity index (χ0v) is 12.2. The molecule has 0 spiro atoms. The summed E-state index contributed by atoms with van der Waals surface area (Å²) in [7, 11) is 0. The average Bonchev–Trinajstić information content (AvgIpc) is 2.86. The van der Waals surface area contributed by atoms with Gasteiger partial charge in [-0.15, -0.1) is 11.3 Å². The van der Waals surface area contributed by atoms with E-state index in [0.29, 0.717) is 11.3 Å². The van der Waals surface area contributed by atoms with Gasteiger partial charge in [-0.05, 0) is 52.5 Å². The van der Waals surface area contributed by atoms with E-state index in [9.17, 15) is 4.79 Å². The van der Waals surface area contributed by atoms with E-state index in [0.717, 1.165) is 9.35 Å². The van der Waals surface area contributed by atoms with E-state index in [1.54, 1.807) is 29.5 Å². The molecule has 0 aliphatic carbocycles. The van der Waals surface area contributed by atoms with Crippen LogP contribution in [0, 0.1) is 0 Å². The minimum atomic E-state index is -0.116. The summed E-state index contributed by atoms with van der Waals surface area (Å²) in [6.07, 6.45) is 0. The van der Waals surface area contributed by atoms with Crippen molar-refractivity contribution in [1.82, 2.24) is 5.32 Å². The predicted octanol–water partition coefficient (Wildman–Crippen LogP) is 3.58. The molecule has 5 heteroatoms. The minimum absolute atomic E-state index is 0.00220. The number of benzene rings is 1. The van der Waals surface area contributed by atoms with Crippen LogP contribution in [0.25, 0.3) is 0 Å². The summed E-state index contributed by atoms with van der Waals surface area (Å²) < 4.78 is 0.797. The quantitative estimate of drug-likeness (QED) is 0.848. The molecule has 18 heavy (non-hydrogen) atoms. The van der Waals surface area contributed by atoms with Crippen molar-refractivity contribution < 1.29 is 4.79 Å². The molecule has 1 aromatic carbocycles. The molecule has 94 valence electrons. The first-order valence-corrected chi connectivity index (χ1v) is 7.14. The lowest BCUT2D eigenvalue weighted by Gasteiger charge is -2.12. The zero-order valence-electron chi connectivity index (χ0n) is 9.81. The molecule has 0 aliphatic heterocycles. The number of carbonyl (C=O) groups is 1. The van der Waals surface area contributed by atoms with E-state index in [2.05, 4.69) is 21.2 Å². The number of nitrogens with one attached hydrogen (secondary N) is 1. The molecule has 0 saturated heterocycles. The third-order valence-electron chi connectivity index (χ3n) is 2.58. The topological polar surface area (TPSA) is 55.1 Å². The fraction of sp³-hybridized carbons (Fsp3) is 0.154. The summed E-state index contributed by atoms with van der Waals surface area (Å²) in [5.41, 5.74) is 6.89. The standard InChI is InChI=1S/C13H13BrN2OS/c1-8(12-3-2-6-18-12)16-13(17)9-4-5-10(14)11(15)7-9/h2-8H,15H2,1H3,(H,16,17)/t8-/m1/s1. The Balaban J connectivity index is 2.10. The van der Waals surface area contributed by atoms with Gasteiger partial charge in [0.25, 0.3) is 5.91 Å². The van der Waals surface area contributed by atoms with Crippen molar-refractivity contribution in [1.29, 1.82) is 0 Å². The normalized spacial score (nSPS) is 12.1. The van der Waals surface area contributed by atoms with Gasteiger partial charge in [0.15, 0.2) is 0 Å². The number of carbonyl (C=O) groups excluding carboxylic acids is 1. The zero-order chi connectivity index (χ0) is 13.1. The van der Waals surface area contributed by atoms with Gasteiger partial charge < -0.3 is 11.1 Å². The van der Waals surface area contributed by atoms with Crippen LogP contribution in [-0.4, -0.2) is 5.91 Å². The van der Waals surface area contributed by atoms with Gasteiger partial charge in [0, 0.05) is 20.6 Å². The maximum absolute atomic E-state index is 12.0. The molecule has 0 saturated carbocycles. The highest BCUT2D eigenvalue weighted by Gasteiger charge is 2.12. The summed E-state index contributed by atoms with van der Waals surface area (Å²) in [6.45, 7) is 1.96. The highest BCUT2D eigenvalue weighted by atomic mass is 79.9. The summed E-state index contributed by atoms with van der Waals surface area (Å²) in [5, 5.41) is 4.94. The monoisotopic (exact) mass is 324 g/mol. The number of thiophene rings is 1. The number of hydrogen-bond acceptors (Lipinski definition) is 3. The fourth-order valence-electron chi connectivity index (χ4n) is 1.57. The van der Waals surface area contributed by atoms with Gasteiger partial charge >= 0.3 is 0 Å². The summed E-state index contributed by atoms with van der Waals surface area (Å²) in [6, 6.07) is 9.17. The number of hydrogen-bond donors (Lipinski definition) is 2. The molecule has 1 amide bonds. The number of nitrogens with two attached hydrogens (primary N) is 1. The average molecular weight is 325 g/mol. The molecule has 2 rings (SSSR count). The lowest BCUT2D eigenvalue weighted by atomic mass is 10.1. The Bertz CT molecular complexity index is 554. The molecule has 0 radical (unpaired) electrons. The van der Waals surface area contributed by atoms with Crippen LogP contribution < -0.4 is 11.1 Å². The first kappa shape index (κ1) is 13.1. The van der Waals surface area contributed by atoms with E-state index in [1.165, 1.54) is 0 Å². The van der Waals surface area contributed by atoms with E-state index in [4.69, 9.17) is 5.73 Å². The molecule has 2 aromatic rings. The van der Waals surface area contributed by atoms with Crippen molar-refractivity contribution in [3.63, 3.8) is 0 Å². The van der Waals surface area contributed by atoms with Crippen molar-refractivity contribution in [2.75, 3.05) is 5.73 Å². The molecule has 1 aromatic heterocycles. The Kier molecular flexibility index (Phi) is 4.04. The lowest BCUT2D eigenvalue weighted by Crippen LogP contribution is -2.26.